The largest absolute Gasteiger partial charge is 0.339 e. The molecule has 0 spiro atoms. The first-order valence-electron chi connectivity index (χ1n) is 9.76. The molecule has 1 amide bonds. The first-order valence-corrected chi connectivity index (χ1v) is 12.1. The fourth-order valence-corrected chi connectivity index (χ4v) is 6.37. The zero-order valence-electron chi connectivity index (χ0n) is 16.0. The highest BCUT2D eigenvalue weighted by Crippen LogP contribution is 2.28. The van der Waals surface area contributed by atoms with Crippen molar-refractivity contribution in [3.8, 4) is 0 Å². The second-order valence-electron chi connectivity index (χ2n) is 7.41. The van der Waals surface area contributed by atoms with Crippen molar-refractivity contribution in [3.05, 3.63) is 52.5 Å². The van der Waals surface area contributed by atoms with Crippen LogP contribution in [0, 0.1) is 5.82 Å². The molecule has 0 radical (unpaired) electrons. The number of rotatable bonds is 5. The Morgan fingerprint density at radius 2 is 1.79 bits per heavy atom. The van der Waals surface area contributed by atoms with Crippen molar-refractivity contribution in [2.45, 2.75) is 30.3 Å². The van der Waals surface area contributed by atoms with Crippen molar-refractivity contribution in [1.82, 2.24) is 14.1 Å². The van der Waals surface area contributed by atoms with Crippen molar-refractivity contribution >= 4 is 27.3 Å². The average Bonchev–Trinajstić information content (AvgIpc) is 3.41. The molecule has 2 saturated heterocycles. The van der Waals surface area contributed by atoms with Gasteiger partial charge in [-0.15, -0.1) is 11.3 Å². The van der Waals surface area contributed by atoms with Crippen LogP contribution in [-0.2, 0) is 21.4 Å². The quantitative estimate of drug-likeness (QED) is 0.721. The van der Waals surface area contributed by atoms with Crippen molar-refractivity contribution in [1.29, 1.82) is 0 Å². The van der Waals surface area contributed by atoms with Crippen LogP contribution in [-0.4, -0.2) is 67.2 Å². The highest BCUT2D eigenvalue weighted by molar-refractivity contribution is 7.89. The molecule has 0 aliphatic carbocycles. The van der Waals surface area contributed by atoms with E-state index in [0.717, 1.165) is 31.8 Å². The molecule has 2 fully saturated rings. The summed E-state index contributed by atoms with van der Waals surface area (Å²) in [4.78, 5) is 18.5. The first-order chi connectivity index (χ1) is 13.9. The Hall–Kier alpha value is -1.81. The topological polar surface area (TPSA) is 60.9 Å². The Morgan fingerprint density at radius 1 is 1.07 bits per heavy atom. The molecule has 156 valence electrons. The number of hydrogen-bond acceptors (Lipinski definition) is 5. The van der Waals surface area contributed by atoms with E-state index < -0.39 is 21.9 Å². The van der Waals surface area contributed by atoms with Crippen molar-refractivity contribution in [2.24, 2.45) is 0 Å². The third-order valence-electron chi connectivity index (χ3n) is 5.55. The van der Waals surface area contributed by atoms with Gasteiger partial charge in [-0.25, -0.2) is 12.8 Å². The van der Waals surface area contributed by atoms with Crippen LogP contribution in [0.3, 0.4) is 0 Å². The van der Waals surface area contributed by atoms with Crippen LogP contribution in [0.15, 0.2) is 46.7 Å². The number of amides is 1. The van der Waals surface area contributed by atoms with Gasteiger partial charge in [0.25, 0.3) is 0 Å². The SMILES string of the molecule is O=C([C@@H]1CCCN1S(=O)(=O)c1ccc(F)cc1)N1CCN(Cc2cccs2)CC1. The smallest absolute Gasteiger partial charge is 0.243 e. The third-order valence-corrected chi connectivity index (χ3v) is 8.34. The molecule has 0 N–H and O–H groups in total. The number of carbonyl (C=O) groups excluding carboxylic acids is 1. The number of carbonyl (C=O) groups is 1. The normalized spacial score (nSPS) is 21.6. The van der Waals surface area contributed by atoms with Gasteiger partial charge in [0.2, 0.25) is 15.9 Å². The number of nitrogens with zero attached hydrogens (tertiary/aromatic N) is 3. The van der Waals surface area contributed by atoms with Gasteiger partial charge in [0.05, 0.1) is 4.90 Å². The fraction of sp³-hybridized carbons (Fsp3) is 0.450. The average molecular weight is 438 g/mol. The maximum Gasteiger partial charge on any atom is 0.243 e. The minimum Gasteiger partial charge on any atom is -0.339 e. The van der Waals surface area contributed by atoms with E-state index in [1.807, 2.05) is 6.07 Å². The Labute approximate surface area is 174 Å². The predicted molar refractivity (Wildman–Crippen MR) is 109 cm³/mol. The van der Waals surface area contributed by atoms with Gasteiger partial charge >= 0.3 is 0 Å². The van der Waals surface area contributed by atoms with Crippen molar-refractivity contribution in [2.75, 3.05) is 32.7 Å². The molecule has 2 aromatic rings. The molecular weight excluding hydrogens is 413 g/mol. The second-order valence-corrected chi connectivity index (χ2v) is 10.3. The fourth-order valence-electron chi connectivity index (χ4n) is 3.98. The molecule has 3 heterocycles. The lowest BCUT2D eigenvalue weighted by Gasteiger charge is -2.37. The van der Waals surface area contributed by atoms with E-state index >= 15 is 0 Å². The van der Waals surface area contributed by atoms with Crippen LogP contribution in [0.4, 0.5) is 4.39 Å². The van der Waals surface area contributed by atoms with Crippen LogP contribution in [0.1, 0.15) is 17.7 Å². The minimum absolute atomic E-state index is 0.0272. The molecule has 9 heteroatoms. The van der Waals surface area contributed by atoms with Gasteiger partial charge in [-0.2, -0.15) is 4.31 Å². The standard InChI is InChI=1S/C20H24FN3O3S2/c21-16-5-7-18(8-6-16)29(26,27)24-9-1-4-19(24)20(25)23-12-10-22(11-13-23)15-17-3-2-14-28-17/h2-3,5-8,14,19H,1,4,9-13,15H2/t19-/m0/s1. The van der Waals surface area contributed by atoms with Gasteiger partial charge in [-0.1, -0.05) is 6.07 Å². The van der Waals surface area contributed by atoms with Gasteiger partial charge in [-0.3, -0.25) is 9.69 Å². The summed E-state index contributed by atoms with van der Waals surface area (Å²) in [5.41, 5.74) is 0. The highest BCUT2D eigenvalue weighted by Gasteiger charge is 2.41. The molecule has 0 unspecified atom stereocenters. The van der Waals surface area contributed by atoms with E-state index in [4.69, 9.17) is 0 Å². The van der Waals surface area contributed by atoms with Crippen molar-refractivity contribution < 1.29 is 17.6 Å². The van der Waals surface area contributed by atoms with Crippen LogP contribution in [0.25, 0.3) is 0 Å². The number of thiophene rings is 1. The van der Waals surface area contributed by atoms with Gasteiger partial charge < -0.3 is 4.90 Å². The molecule has 2 aliphatic heterocycles. The lowest BCUT2D eigenvalue weighted by Crippen LogP contribution is -2.54. The lowest BCUT2D eigenvalue weighted by molar-refractivity contribution is -0.136. The Kier molecular flexibility index (Phi) is 6.00. The summed E-state index contributed by atoms with van der Waals surface area (Å²) < 4.78 is 40.5. The molecule has 29 heavy (non-hydrogen) atoms. The number of benzene rings is 1. The maximum atomic E-state index is 13.2. The van der Waals surface area contributed by atoms with E-state index in [-0.39, 0.29) is 10.8 Å². The third kappa shape index (κ3) is 4.37. The van der Waals surface area contributed by atoms with Crippen LogP contribution in [0.5, 0.6) is 0 Å². The van der Waals surface area contributed by atoms with E-state index in [2.05, 4.69) is 16.3 Å². The summed E-state index contributed by atoms with van der Waals surface area (Å²) in [6.07, 6.45) is 1.17. The maximum absolute atomic E-state index is 13.2. The number of hydrogen-bond donors (Lipinski definition) is 0. The monoisotopic (exact) mass is 437 g/mol. The Bertz CT molecular complexity index is 940. The number of sulfonamides is 1. The van der Waals surface area contributed by atoms with Gasteiger partial charge in [0, 0.05) is 44.1 Å². The molecule has 4 rings (SSSR count). The number of halogens is 1. The van der Waals surface area contributed by atoms with Crippen molar-refractivity contribution in [3.63, 3.8) is 0 Å². The summed E-state index contributed by atoms with van der Waals surface area (Å²) in [7, 11) is -3.82. The zero-order chi connectivity index (χ0) is 20.4. The summed E-state index contributed by atoms with van der Waals surface area (Å²) >= 11 is 1.73. The highest BCUT2D eigenvalue weighted by atomic mass is 32.2. The molecule has 6 nitrogen and oxygen atoms in total. The summed E-state index contributed by atoms with van der Waals surface area (Å²) in [5, 5.41) is 2.06. The summed E-state index contributed by atoms with van der Waals surface area (Å²) in [6, 6.07) is 8.25. The predicted octanol–water partition coefficient (Wildman–Crippen LogP) is 2.38. The summed E-state index contributed by atoms with van der Waals surface area (Å²) in [6.45, 7) is 3.96. The summed E-state index contributed by atoms with van der Waals surface area (Å²) in [5.74, 6) is -0.609. The van der Waals surface area contributed by atoms with Crippen LogP contribution >= 0.6 is 11.3 Å². The van der Waals surface area contributed by atoms with E-state index in [9.17, 15) is 17.6 Å². The molecule has 0 bridgehead atoms. The van der Waals surface area contributed by atoms with Gasteiger partial charge in [0.15, 0.2) is 0 Å². The van der Waals surface area contributed by atoms with Gasteiger partial charge in [0.1, 0.15) is 11.9 Å². The van der Waals surface area contributed by atoms with Gasteiger partial charge in [-0.05, 0) is 48.6 Å². The minimum atomic E-state index is -3.82. The molecular formula is C20H24FN3O3S2. The van der Waals surface area contributed by atoms with Crippen LogP contribution < -0.4 is 0 Å². The van der Waals surface area contributed by atoms with E-state index in [1.54, 1.807) is 16.2 Å². The Morgan fingerprint density at radius 3 is 2.45 bits per heavy atom. The zero-order valence-corrected chi connectivity index (χ0v) is 17.7. The number of piperazine rings is 1. The van der Waals surface area contributed by atoms with E-state index in [0.29, 0.717) is 32.5 Å². The molecule has 2 aliphatic rings. The molecule has 1 aromatic heterocycles. The molecule has 1 atom stereocenters. The molecule has 1 aromatic carbocycles. The second kappa shape index (κ2) is 8.51. The van der Waals surface area contributed by atoms with Crippen LogP contribution in [0.2, 0.25) is 0 Å². The Balaban J connectivity index is 1.41. The molecule has 0 saturated carbocycles. The lowest BCUT2D eigenvalue weighted by atomic mass is 10.2. The first kappa shape index (κ1) is 20.5. The van der Waals surface area contributed by atoms with E-state index in [1.165, 1.54) is 21.3 Å².